The maximum Gasteiger partial charge on any atom is 0.257 e. The van der Waals surface area contributed by atoms with Crippen LogP contribution >= 0.6 is 23.2 Å². The molecule has 1 aliphatic rings. The number of rotatable bonds is 12. The van der Waals surface area contributed by atoms with Crippen molar-refractivity contribution in [2.24, 2.45) is 0 Å². The van der Waals surface area contributed by atoms with Crippen molar-refractivity contribution in [2.45, 2.75) is 70.7 Å². The number of benzene rings is 3. The van der Waals surface area contributed by atoms with E-state index in [9.17, 15) is 9.90 Å². The summed E-state index contributed by atoms with van der Waals surface area (Å²) < 4.78 is 14.5. The van der Waals surface area contributed by atoms with Gasteiger partial charge in [0.25, 0.3) is 5.91 Å². The largest absolute Gasteiger partial charge is 0.386 e. The lowest BCUT2D eigenvalue weighted by atomic mass is 9.89. The fraction of sp³-hybridized carbons (Fsp3) is 0.353. The first-order valence-corrected chi connectivity index (χ1v) is 19.2. The zero-order valence-electron chi connectivity index (χ0n) is 25.8. The van der Waals surface area contributed by atoms with E-state index in [1.165, 1.54) is 0 Å². The number of nitrogens with zero attached hydrogens (tertiary/aromatic N) is 3. The van der Waals surface area contributed by atoms with Crippen molar-refractivity contribution in [1.29, 1.82) is 0 Å². The molecule has 1 N–H and O–H groups in total. The van der Waals surface area contributed by atoms with Crippen molar-refractivity contribution in [3.05, 3.63) is 123 Å². The van der Waals surface area contributed by atoms with E-state index >= 15 is 0 Å². The van der Waals surface area contributed by atoms with Gasteiger partial charge in [0.1, 0.15) is 6.73 Å². The highest BCUT2D eigenvalue weighted by Crippen LogP contribution is 2.47. The summed E-state index contributed by atoms with van der Waals surface area (Å²) in [5.41, 5.74) is 1.86. The second-order valence-electron chi connectivity index (χ2n) is 13.0. The van der Waals surface area contributed by atoms with Gasteiger partial charge in [-0.25, -0.2) is 4.68 Å². The van der Waals surface area contributed by atoms with Gasteiger partial charge in [-0.05, 0) is 61.4 Å². The molecule has 44 heavy (non-hydrogen) atoms. The molecule has 0 bridgehead atoms. The second kappa shape index (κ2) is 12.8. The third-order valence-corrected chi connectivity index (χ3v) is 10.00. The number of hydrogen-bond donors (Lipinski definition) is 1. The molecule has 3 aromatic carbocycles. The maximum absolute atomic E-state index is 14.3. The monoisotopic (exact) mass is 651 g/mol. The first-order valence-electron chi connectivity index (χ1n) is 14.7. The molecule has 0 spiro atoms. The summed E-state index contributed by atoms with van der Waals surface area (Å²) in [5.74, 6) is -0.206. The van der Waals surface area contributed by atoms with E-state index in [0.29, 0.717) is 40.1 Å². The summed E-state index contributed by atoms with van der Waals surface area (Å²) in [5, 5.41) is 16.4. The molecular weight excluding hydrogens is 613 g/mol. The molecule has 1 unspecified atom stereocenters. The van der Waals surface area contributed by atoms with Gasteiger partial charge < -0.3 is 14.6 Å². The number of aliphatic hydroxyl groups is 1. The molecule has 5 rings (SSSR count). The highest BCUT2D eigenvalue weighted by molar-refractivity contribution is 6.76. The number of carbonyl (C=O) groups excluding carboxylic acids is 1. The fourth-order valence-corrected chi connectivity index (χ4v) is 6.30. The van der Waals surface area contributed by atoms with Gasteiger partial charge in [-0.15, -0.1) is 0 Å². The van der Waals surface area contributed by atoms with Gasteiger partial charge in [0, 0.05) is 59.7 Å². The summed E-state index contributed by atoms with van der Waals surface area (Å²) >= 11 is 12.5. The molecular formula is C34H39Cl2N3O4Si. The van der Waals surface area contributed by atoms with Crippen molar-refractivity contribution in [3.63, 3.8) is 0 Å². The minimum Gasteiger partial charge on any atom is -0.386 e. The number of aromatic nitrogens is 2. The quantitative estimate of drug-likeness (QED) is 0.125. The van der Waals surface area contributed by atoms with Crippen molar-refractivity contribution >= 4 is 37.2 Å². The minimum atomic E-state index is -1.29. The van der Waals surface area contributed by atoms with Crippen LogP contribution in [-0.2, 0) is 40.7 Å². The number of fused-ring (bicyclic) bond motifs is 1. The zero-order valence-corrected chi connectivity index (χ0v) is 28.3. The molecule has 2 heterocycles. The van der Waals surface area contributed by atoms with Crippen LogP contribution in [0.15, 0.2) is 79.1 Å². The van der Waals surface area contributed by atoms with Crippen LogP contribution in [0.1, 0.15) is 52.0 Å². The average Bonchev–Trinajstić information content (AvgIpc) is 3.51. The van der Waals surface area contributed by atoms with Crippen molar-refractivity contribution in [2.75, 3.05) is 6.61 Å². The molecule has 1 aliphatic heterocycles. The van der Waals surface area contributed by atoms with Gasteiger partial charge in [-0.3, -0.25) is 9.69 Å². The molecule has 1 aromatic heterocycles. The van der Waals surface area contributed by atoms with E-state index in [2.05, 4.69) is 24.7 Å². The number of ether oxygens (including phenoxy) is 2. The lowest BCUT2D eigenvalue weighted by molar-refractivity contribution is -0.120. The molecule has 1 amide bonds. The lowest BCUT2D eigenvalue weighted by Crippen LogP contribution is -2.46. The Kier molecular flexibility index (Phi) is 9.42. The first-order chi connectivity index (χ1) is 20.8. The van der Waals surface area contributed by atoms with Crippen LogP contribution in [-0.4, -0.2) is 40.4 Å². The lowest BCUT2D eigenvalue weighted by Gasteiger charge is -2.39. The predicted molar refractivity (Wildman–Crippen MR) is 176 cm³/mol. The van der Waals surface area contributed by atoms with Crippen molar-refractivity contribution < 1.29 is 19.4 Å². The molecule has 0 saturated carbocycles. The first kappa shape index (κ1) is 32.4. The minimum absolute atomic E-state index is 0.175. The van der Waals surface area contributed by atoms with E-state index in [1.807, 2.05) is 54.7 Å². The van der Waals surface area contributed by atoms with Gasteiger partial charge >= 0.3 is 0 Å². The van der Waals surface area contributed by atoms with E-state index in [0.717, 1.165) is 22.7 Å². The van der Waals surface area contributed by atoms with Gasteiger partial charge in [0.05, 0.1) is 18.4 Å². The second-order valence-corrected chi connectivity index (χ2v) is 19.5. The number of hydrogen-bond acceptors (Lipinski definition) is 5. The van der Waals surface area contributed by atoms with Crippen molar-refractivity contribution in [1.82, 2.24) is 14.7 Å². The highest BCUT2D eigenvalue weighted by atomic mass is 35.5. The van der Waals surface area contributed by atoms with E-state index in [1.54, 1.807) is 47.8 Å². The predicted octanol–water partition coefficient (Wildman–Crippen LogP) is 7.80. The third-order valence-electron chi connectivity index (χ3n) is 7.79. The van der Waals surface area contributed by atoms with E-state index in [-0.39, 0.29) is 19.1 Å². The smallest absolute Gasteiger partial charge is 0.257 e. The Morgan fingerprint density at radius 1 is 0.955 bits per heavy atom. The van der Waals surface area contributed by atoms with Crippen LogP contribution < -0.4 is 0 Å². The van der Waals surface area contributed by atoms with Gasteiger partial charge in [0.2, 0.25) is 0 Å². The Balaban J connectivity index is 1.53. The van der Waals surface area contributed by atoms with Crippen LogP contribution in [0, 0.1) is 0 Å². The average molecular weight is 653 g/mol. The number of halogens is 2. The normalized spacial score (nSPS) is 16.9. The SMILES string of the molecule is CC(C)(O)c1ccc2c(c1)C(=O)N(Cc1ccc(Cl)cc1)C2(OCc1cnn(COCC[Si](C)(C)C)c1)c1ccc(Cl)cc1. The van der Waals surface area contributed by atoms with Crippen LogP contribution in [0.4, 0.5) is 0 Å². The summed E-state index contributed by atoms with van der Waals surface area (Å²) in [6.45, 7) is 11.9. The topological polar surface area (TPSA) is 76.8 Å². The molecule has 7 nitrogen and oxygen atoms in total. The van der Waals surface area contributed by atoms with Crippen LogP contribution in [0.3, 0.4) is 0 Å². The summed E-state index contributed by atoms with van der Waals surface area (Å²) in [7, 11) is -1.18. The maximum atomic E-state index is 14.3. The molecule has 0 radical (unpaired) electrons. The molecule has 0 aliphatic carbocycles. The third kappa shape index (κ3) is 7.12. The van der Waals surface area contributed by atoms with E-state index in [4.69, 9.17) is 32.7 Å². The highest BCUT2D eigenvalue weighted by Gasteiger charge is 2.52. The summed E-state index contributed by atoms with van der Waals surface area (Å²) in [4.78, 5) is 16.1. The number of carbonyl (C=O) groups is 1. The zero-order chi connectivity index (χ0) is 31.7. The Morgan fingerprint density at radius 3 is 2.25 bits per heavy atom. The molecule has 10 heteroatoms. The molecule has 232 valence electrons. The van der Waals surface area contributed by atoms with Gasteiger partial charge in [0.15, 0.2) is 5.72 Å². The Bertz CT molecular complexity index is 1610. The molecule has 0 fully saturated rings. The van der Waals surface area contributed by atoms with Crippen LogP contribution in [0.2, 0.25) is 35.7 Å². The molecule has 1 atom stereocenters. The standard InChI is InChI=1S/C34H39Cl2N3O4Si/c1-33(2,41)27-10-15-31-30(18-27)32(40)39(21-24-6-11-28(35)12-7-24)34(31,26-8-13-29(36)14-9-26)43-22-25-19-37-38(20-25)23-42-16-17-44(3,4)5/h6-15,18-20,41H,16-17,21-23H2,1-5H3. The summed E-state index contributed by atoms with van der Waals surface area (Å²) in [6.07, 6.45) is 3.67. The van der Waals surface area contributed by atoms with E-state index < -0.39 is 19.4 Å². The Hall–Kier alpha value is -2.98. The summed E-state index contributed by atoms with van der Waals surface area (Å²) in [6, 6.07) is 21.4. The van der Waals surface area contributed by atoms with Gasteiger partial charge in [-0.1, -0.05) is 79.2 Å². The van der Waals surface area contributed by atoms with Crippen molar-refractivity contribution in [3.8, 4) is 0 Å². The Morgan fingerprint density at radius 2 is 1.61 bits per heavy atom. The van der Waals surface area contributed by atoms with Gasteiger partial charge in [-0.2, -0.15) is 5.10 Å². The Labute approximate surface area is 270 Å². The molecule has 4 aromatic rings. The number of amides is 1. The fourth-order valence-electron chi connectivity index (χ4n) is 5.29. The molecule has 0 saturated heterocycles. The van der Waals surface area contributed by atoms with Crippen LogP contribution in [0.25, 0.3) is 0 Å². The van der Waals surface area contributed by atoms with Crippen LogP contribution in [0.5, 0.6) is 0 Å².